The summed E-state index contributed by atoms with van der Waals surface area (Å²) in [6.07, 6.45) is 0. The first-order chi connectivity index (χ1) is 1.00. The third-order valence-corrected chi connectivity index (χ3v) is 0. The molecule has 0 unspecified atom stereocenters. The number of hydrogen-bond acceptors (Lipinski definition) is 1. The van der Waals surface area contributed by atoms with Crippen LogP contribution in [-0.4, -0.2) is 56.9 Å². The predicted molar refractivity (Wildman–Crippen MR) is 17.4 cm³/mol. The van der Waals surface area contributed by atoms with Crippen molar-refractivity contribution in [2.24, 2.45) is 0 Å². The summed E-state index contributed by atoms with van der Waals surface area (Å²) in [6.45, 7) is 3.50. The van der Waals surface area contributed by atoms with Crippen molar-refractivity contribution in [3.63, 3.8) is 0 Å². The Labute approximate surface area is 84.1 Å². The quantitative estimate of drug-likeness (QED) is 0.385. The fraction of sp³-hybridized carbons (Fsp3) is 0. The first-order valence-electron chi connectivity index (χ1n) is 0.258. The van der Waals surface area contributed by atoms with Gasteiger partial charge in [0.1, 0.15) is 0 Å². The predicted octanol–water partition coefficient (Wildman–Crippen LogP) is -1.34. The van der Waals surface area contributed by atoms with E-state index in [9.17, 15) is 0 Å². The molecule has 0 heterocycles. The molecule has 28 valence electrons. The maximum atomic E-state index is 6.50. The molecule has 0 saturated carbocycles. The van der Waals surface area contributed by atoms with Crippen LogP contribution in [0.2, 0.25) is 0 Å². The van der Waals surface area contributed by atoms with Gasteiger partial charge in [0.2, 0.25) is 0 Å². The van der Waals surface area contributed by atoms with E-state index in [0.717, 1.165) is 0 Å². The first-order valence-corrected chi connectivity index (χ1v) is 0.258. The molecule has 0 saturated heterocycles. The Morgan fingerprint density at radius 1 is 1.20 bits per heavy atom. The minimum atomic E-state index is 0. The molecule has 2 N–H and O–H groups in total. The second kappa shape index (κ2) is 46.1. The zero-order valence-electron chi connectivity index (χ0n) is 1.88. The van der Waals surface area contributed by atoms with Gasteiger partial charge in [-0.15, -0.1) is 0 Å². The second-order valence-corrected chi connectivity index (χ2v) is 0. The molecule has 2 nitrogen and oxygen atoms in total. The molecule has 0 spiro atoms. The molecule has 0 rings (SSSR count). The molecule has 0 aliphatic rings. The van der Waals surface area contributed by atoms with Crippen molar-refractivity contribution in [2.75, 3.05) is 0 Å². The van der Waals surface area contributed by atoms with E-state index in [0.29, 0.717) is 0 Å². The summed E-state index contributed by atoms with van der Waals surface area (Å²) in [4.78, 5) is 0. The molecule has 0 aliphatic heterocycles. The third kappa shape index (κ3) is 28.3. The maximum absolute atomic E-state index is 6.50. The summed E-state index contributed by atoms with van der Waals surface area (Å²) in [5.74, 6) is 0. The molecule has 0 radical (unpaired) electrons. The summed E-state index contributed by atoms with van der Waals surface area (Å²) in [5, 5.41) is 6.50. The van der Waals surface area contributed by atoms with E-state index in [2.05, 4.69) is 6.57 Å². The molecular formula is CH4FeKNO. The zero-order chi connectivity index (χ0) is 2.00. The average Bonchev–Trinajstić information content (AvgIpc) is 1.00. The molecule has 0 aromatic heterocycles. The number of hydrogen-bond donors (Lipinski definition) is 0. The Balaban J connectivity index is -0.00000000167. The fourth-order valence-corrected chi connectivity index (χ4v) is 0. The van der Waals surface area contributed by atoms with Crippen LogP contribution in [0.1, 0.15) is 0 Å². The van der Waals surface area contributed by atoms with Crippen LogP contribution < -0.4 is 0 Å². The van der Waals surface area contributed by atoms with Crippen molar-refractivity contribution < 1.29 is 22.5 Å². The van der Waals surface area contributed by atoms with E-state index in [1.54, 1.807) is 0 Å². The summed E-state index contributed by atoms with van der Waals surface area (Å²) in [7, 11) is 0. The van der Waals surface area contributed by atoms with Crippen molar-refractivity contribution in [1.29, 1.82) is 5.26 Å². The molecule has 0 aliphatic carbocycles. The van der Waals surface area contributed by atoms with Gasteiger partial charge >= 0.3 is 51.4 Å². The van der Waals surface area contributed by atoms with Gasteiger partial charge in [0.15, 0.2) is 0 Å². The Morgan fingerprint density at radius 3 is 1.20 bits per heavy atom. The van der Waals surface area contributed by atoms with Crippen LogP contribution >= 0.6 is 0 Å². The zero-order valence-corrected chi connectivity index (χ0v) is 2.98. The summed E-state index contributed by atoms with van der Waals surface area (Å²) in [6, 6.07) is 0. The van der Waals surface area contributed by atoms with E-state index in [-0.39, 0.29) is 73.9 Å². The first kappa shape index (κ1) is 30.6. The van der Waals surface area contributed by atoms with E-state index in [4.69, 9.17) is 5.26 Å². The molecule has 0 fully saturated rings. The third-order valence-electron chi connectivity index (χ3n) is 0. The Bertz CT molecular complexity index is 16.4. The molecule has 0 atom stereocenters. The standard InChI is InChI=1S/CHN.Fe.K.H2O.H/c1-2;;;;/h1H;;;1H2;. The van der Waals surface area contributed by atoms with Crippen molar-refractivity contribution in [2.45, 2.75) is 0 Å². The van der Waals surface area contributed by atoms with Crippen molar-refractivity contribution in [3.05, 3.63) is 0 Å². The monoisotopic (exact) mass is 141 g/mol. The van der Waals surface area contributed by atoms with Gasteiger partial charge in [0.05, 0.1) is 0 Å². The normalized spacial score (nSPS) is 0.400. The SMILES string of the molecule is C#N.O.[Fe].[KH]. The van der Waals surface area contributed by atoms with E-state index in [1.165, 1.54) is 0 Å². The molecule has 4 heteroatoms. The Hall–Kier alpha value is 1.61. The molecular weight excluding hydrogens is 137 g/mol. The van der Waals surface area contributed by atoms with Gasteiger partial charge in [-0.2, -0.15) is 0 Å². The minimum absolute atomic E-state index is 0. The van der Waals surface area contributed by atoms with Crippen LogP contribution in [0.4, 0.5) is 0 Å². The second-order valence-electron chi connectivity index (χ2n) is 0. The van der Waals surface area contributed by atoms with Crippen LogP contribution in [0.25, 0.3) is 0 Å². The Morgan fingerprint density at radius 2 is 1.20 bits per heavy atom. The van der Waals surface area contributed by atoms with E-state index >= 15 is 0 Å². The van der Waals surface area contributed by atoms with Crippen molar-refractivity contribution in [1.82, 2.24) is 0 Å². The summed E-state index contributed by atoms with van der Waals surface area (Å²) >= 11 is 0. The van der Waals surface area contributed by atoms with Crippen LogP contribution in [0.3, 0.4) is 0 Å². The number of rotatable bonds is 0. The van der Waals surface area contributed by atoms with Gasteiger partial charge in [-0.05, 0) is 0 Å². The summed E-state index contributed by atoms with van der Waals surface area (Å²) < 4.78 is 0. The van der Waals surface area contributed by atoms with Crippen LogP contribution in [0, 0.1) is 11.8 Å². The topological polar surface area (TPSA) is 55.3 Å². The van der Waals surface area contributed by atoms with Crippen molar-refractivity contribution in [3.8, 4) is 6.57 Å². The average molecular weight is 141 g/mol. The fourth-order valence-electron chi connectivity index (χ4n) is 0. The van der Waals surface area contributed by atoms with Crippen LogP contribution in [0.15, 0.2) is 0 Å². The van der Waals surface area contributed by atoms with Gasteiger partial charge in [0.25, 0.3) is 0 Å². The van der Waals surface area contributed by atoms with Gasteiger partial charge in [-0.25, -0.2) is 5.26 Å². The van der Waals surface area contributed by atoms with Gasteiger partial charge in [-0.3, -0.25) is 0 Å². The molecule has 0 bridgehead atoms. The number of nitrogens with zero attached hydrogens (tertiary/aromatic N) is 1. The summed E-state index contributed by atoms with van der Waals surface area (Å²) in [5.41, 5.74) is 0. The van der Waals surface area contributed by atoms with Crippen LogP contribution in [-0.2, 0) is 17.1 Å². The molecule has 0 aromatic rings. The van der Waals surface area contributed by atoms with Gasteiger partial charge in [-0.1, -0.05) is 0 Å². The van der Waals surface area contributed by atoms with Gasteiger partial charge < -0.3 is 5.48 Å². The van der Waals surface area contributed by atoms with Crippen LogP contribution in [0.5, 0.6) is 0 Å². The molecule has 0 amide bonds. The molecule has 5 heavy (non-hydrogen) atoms. The van der Waals surface area contributed by atoms with E-state index in [1.807, 2.05) is 0 Å². The number of nitriles is 1. The Kier molecular flexibility index (Phi) is 282. The van der Waals surface area contributed by atoms with E-state index < -0.39 is 0 Å². The molecule has 0 aromatic carbocycles. The van der Waals surface area contributed by atoms with Crippen molar-refractivity contribution >= 4 is 51.4 Å². The van der Waals surface area contributed by atoms with Gasteiger partial charge in [0, 0.05) is 23.6 Å².